The van der Waals surface area contributed by atoms with Crippen molar-refractivity contribution in [1.82, 2.24) is 10.3 Å². The van der Waals surface area contributed by atoms with Gasteiger partial charge < -0.3 is 10.6 Å². The zero-order valence-electron chi connectivity index (χ0n) is 13.9. The Kier molecular flexibility index (Phi) is 5.36. The highest BCUT2D eigenvalue weighted by molar-refractivity contribution is 6.30. The first kappa shape index (κ1) is 19.2. The van der Waals surface area contributed by atoms with E-state index in [0.717, 1.165) is 17.7 Å². The van der Waals surface area contributed by atoms with Gasteiger partial charge in [-0.3, -0.25) is 14.6 Å². The van der Waals surface area contributed by atoms with E-state index in [1.165, 1.54) is 6.07 Å². The number of nitrogens with zero attached hydrogens (tertiary/aromatic N) is 1. The van der Waals surface area contributed by atoms with Gasteiger partial charge in [0.15, 0.2) is 0 Å². The number of carbonyl (C=O) groups excluding carboxylic acids is 2. The van der Waals surface area contributed by atoms with Gasteiger partial charge in [-0.15, -0.1) is 0 Å². The van der Waals surface area contributed by atoms with Crippen LogP contribution >= 0.6 is 11.6 Å². The fraction of sp³-hybridized carbons (Fsp3) is 0.278. The average Bonchev–Trinajstić information content (AvgIpc) is 3.42. The molecule has 1 heterocycles. The third-order valence-corrected chi connectivity index (χ3v) is 4.43. The number of pyridine rings is 1. The van der Waals surface area contributed by atoms with E-state index in [4.69, 9.17) is 11.6 Å². The van der Waals surface area contributed by atoms with E-state index >= 15 is 0 Å². The molecule has 1 aliphatic carbocycles. The van der Waals surface area contributed by atoms with Crippen LogP contribution in [0.25, 0.3) is 0 Å². The van der Waals surface area contributed by atoms with Gasteiger partial charge in [0.2, 0.25) is 11.8 Å². The van der Waals surface area contributed by atoms with Crippen molar-refractivity contribution in [2.45, 2.75) is 19.1 Å². The summed E-state index contributed by atoms with van der Waals surface area (Å²) in [6.45, 7) is 0.271. The van der Waals surface area contributed by atoms with Gasteiger partial charge in [-0.1, -0.05) is 17.7 Å². The van der Waals surface area contributed by atoms with Crippen LogP contribution in [0.15, 0.2) is 42.7 Å². The Morgan fingerprint density at radius 3 is 2.59 bits per heavy atom. The molecule has 5 nitrogen and oxygen atoms in total. The minimum absolute atomic E-state index is 0.0839. The molecule has 2 aromatic rings. The fourth-order valence-electron chi connectivity index (χ4n) is 2.68. The molecule has 1 saturated carbocycles. The number of halogens is 4. The summed E-state index contributed by atoms with van der Waals surface area (Å²) in [5, 5.41) is 4.87. The second-order valence-electron chi connectivity index (χ2n) is 6.20. The average molecular weight is 398 g/mol. The van der Waals surface area contributed by atoms with Crippen LogP contribution in [0.2, 0.25) is 5.02 Å². The zero-order valence-corrected chi connectivity index (χ0v) is 14.6. The van der Waals surface area contributed by atoms with Crippen LogP contribution in [0.1, 0.15) is 17.5 Å². The molecule has 2 amide bonds. The van der Waals surface area contributed by atoms with E-state index < -0.39 is 29.5 Å². The van der Waals surface area contributed by atoms with Gasteiger partial charge in [-0.2, -0.15) is 13.2 Å². The van der Waals surface area contributed by atoms with Gasteiger partial charge in [0.25, 0.3) is 0 Å². The monoisotopic (exact) mass is 397 g/mol. The summed E-state index contributed by atoms with van der Waals surface area (Å²) in [7, 11) is 0. The second-order valence-corrected chi connectivity index (χ2v) is 6.64. The normalized spacial score (nSPS) is 18.7. The minimum Gasteiger partial charge on any atom is -0.352 e. The van der Waals surface area contributed by atoms with E-state index in [1.54, 1.807) is 24.5 Å². The van der Waals surface area contributed by atoms with Crippen molar-refractivity contribution in [3.05, 3.63) is 58.9 Å². The van der Waals surface area contributed by atoms with Gasteiger partial charge in [-0.25, -0.2) is 0 Å². The third kappa shape index (κ3) is 4.77. The van der Waals surface area contributed by atoms with Gasteiger partial charge in [0.1, 0.15) is 0 Å². The van der Waals surface area contributed by atoms with Crippen molar-refractivity contribution in [3.63, 3.8) is 0 Å². The van der Waals surface area contributed by atoms with Crippen LogP contribution in [-0.4, -0.2) is 16.8 Å². The first-order chi connectivity index (χ1) is 12.8. The van der Waals surface area contributed by atoms with Crippen LogP contribution < -0.4 is 10.6 Å². The lowest BCUT2D eigenvalue weighted by molar-refractivity contribution is -0.137. The van der Waals surface area contributed by atoms with E-state index in [-0.39, 0.29) is 23.2 Å². The summed E-state index contributed by atoms with van der Waals surface area (Å²) >= 11 is 5.61. The molecule has 1 aromatic carbocycles. The number of hydrogen-bond acceptors (Lipinski definition) is 3. The maximum absolute atomic E-state index is 13.1. The van der Waals surface area contributed by atoms with E-state index in [1.807, 2.05) is 0 Å². The first-order valence-electron chi connectivity index (χ1n) is 8.10. The number of carbonyl (C=O) groups is 2. The van der Waals surface area contributed by atoms with E-state index in [2.05, 4.69) is 15.6 Å². The fourth-order valence-corrected chi connectivity index (χ4v) is 2.86. The topological polar surface area (TPSA) is 71.1 Å². The van der Waals surface area contributed by atoms with Crippen LogP contribution in [-0.2, 0) is 22.3 Å². The van der Waals surface area contributed by atoms with Crippen LogP contribution in [0.3, 0.4) is 0 Å². The Labute approximate surface area is 157 Å². The van der Waals surface area contributed by atoms with Crippen molar-refractivity contribution >= 4 is 29.1 Å². The lowest BCUT2D eigenvalue weighted by Gasteiger charge is -2.14. The van der Waals surface area contributed by atoms with Crippen LogP contribution in [0, 0.1) is 11.8 Å². The number of alkyl halides is 3. The second kappa shape index (κ2) is 7.56. The maximum atomic E-state index is 13.1. The summed E-state index contributed by atoms with van der Waals surface area (Å²) in [5.41, 5.74) is -0.594. The SMILES string of the molecule is O=C(NCc1cccnc1)C1CC1C(=O)Nc1ccc(Cl)cc1C(F)(F)F. The Balaban J connectivity index is 1.58. The molecule has 1 fully saturated rings. The number of nitrogens with one attached hydrogen (secondary N) is 2. The molecule has 2 N–H and O–H groups in total. The predicted octanol–water partition coefficient (Wildman–Crippen LogP) is 3.64. The Hall–Kier alpha value is -2.61. The smallest absolute Gasteiger partial charge is 0.352 e. The molecule has 1 aliphatic rings. The number of aromatic nitrogens is 1. The van der Waals surface area contributed by atoms with Gasteiger partial charge >= 0.3 is 6.18 Å². The van der Waals surface area contributed by atoms with Crippen molar-refractivity contribution in [2.24, 2.45) is 11.8 Å². The molecule has 3 rings (SSSR count). The van der Waals surface area contributed by atoms with Gasteiger partial charge in [-0.05, 0) is 36.2 Å². The molecule has 0 radical (unpaired) electrons. The largest absolute Gasteiger partial charge is 0.418 e. The molecule has 2 atom stereocenters. The summed E-state index contributed by atoms with van der Waals surface area (Å²) in [4.78, 5) is 28.3. The highest BCUT2D eigenvalue weighted by Crippen LogP contribution is 2.41. The molecule has 0 saturated heterocycles. The van der Waals surface area contributed by atoms with E-state index in [9.17, 15) is 22.8 Å². The maximum Gasteiger partial charge on any atom is 0.418 e. The number of anilines is 1. The predicted molar refractivity (Wildman–Crippen MR) is 92.8 cm³/mol. The van der Waals surface area contributed by atoms with Gasteiger partial charge in [0, 0.05) is 24.0 Å². The summed E-state index contributed by atoms with van der Waals surface area (Å²) < 4.78 is 39.2. The zero-order chi connectivity index (χ0) is 19.6. The highest BCUT2D eigenvalue weighted by Gasteiger charge is 2.48. The molecule has 0 aliphatic heterocycles. The molecule has 1 aromatic heterocycles. The Bertz CT molecular complexity index is 859. The van der Waals surface area contributed by atoms with Crippen molar-refractivity contribution in [3.8, 4) is 0 Å². The molecule has 2 unspecified atom stereocenters. The van der Waals surface area contributed by atoms with E-state index in [0.29, 0.717) is 6.42 Å². The molecular formula is C18H15ClF3N3O2. The first-order valence-corrected chi connectivity index (χ1v) is 8.47. The van der Waals surface area contributed by atoms with Crippen molar-refractivity contribution in [2.75, 3.05) is 5.32 Å². The number of amides is 2. The molecule has 0 bridgehead atoms. The lowest BCUT2D eigenvalue weighted by Crippen LogP contribution is -2.27. The molecular weight excluding hydrogens is 383 g/mol. The number of hydrogen-bond donors (Lipinski definition) is 2. The standard InChI is InChI=1S/C18H15ClF3N3O2/c19-11-3-4-15(14(6-11)18(20,21)22)25-17(27)13-7-12(13)16(26)24-9-10-2-1-5-23-8-10/h1-6,8,12-13H,7,9H2,(H,24,26)(H,25,27). The Morgan fingerprint density at radius 2 is 1.93 bits per heavy atom. The molecule has 142 valence electrons. The molecule has 9 heteroatoms. The summed E-state index contributed by atoms with van der Waals surface area (Å²) in [5.74, 6) is -2.14. The number of benzene rings is 1. The number of rotatable bonds is 5. The lowest BCUT2D eigenvalue weighted by atomic mass is 10.1. The molecule has 0 spiro atoms. The third-order valence-electron chi connectivity index (χ3n) is 4.20. The quantitative estimate of drug-likeness (QED) is 0.809. The molecule has 27 heavy (non-hydrogen) atoms. The van der Waals surface area contributed by atoms with Crippen LogP contribution in [0.4, 0.5) is 18.9 Å². The van der Waals surface area contributed by atoms with Crippen LogP contribution in [0.5, 0.6) is 0 Å². The van der Waals surface area contributed by atoms with Gasteiger partial charge in [0.05, 0.1) is 23.1 Å². The Morgan fingerprint density at radius 1 is 1.19 bits per heavy atom. The van der Waals surface area contributed by atoms with Crippen molar-refractivity contribution in [1.29, 1.82) is 0 Å². The highest BCUT2D eigenvalue weighted by atomic mass is 35.5. The summed E-state index contributed by atoms with van der Waals surface area (Å²) in [6, 6.07) is 6.64. The summed E-state index contributed by atoms with van der Waals surface area (Å²) in [6.07, 6.45) is -1.15. The minimum atomic E-state index is -4.66. The van der Waals surface area contributed by atoms with Crippen molar-refractivity contribution < 1.29 is 22.8 Å².